The molecule has 10 heteroatoms. The van der Waals surface area contributed by atoms with E-state index in [2.05, 4.69) is 0 Å². The molecular weight excluding hydrogens is 544 g/mol. The first kappa shape index (κ1) is 28.2. The van der Waals surface area contributed by atoms with Crippen molar-refractivity contribution in [3.05, 3.63) is 95.1 Å². The van der Waals surface area contributed by atoms with Crippen molar-refractivity contribution >= 4 is 39.3 Å². The fraction of sp³-hybridized carbons (Fsp3) is 0.290. The zero-order valence-electron chi connectivity index (χ0n) is 22.8. The molecule has 41 heavy (non-hydrogen) atoms. The Kier molecular flexibility index (Phi) is 7.52. The lowest BCUT2D eigenvalue weighted by Crippen LogP contribution is -2.43. The molecule has 2 amide bonds. The molecule has 5 rings (SSSR count). The van der Waals surface area contributed by atoms with Gasteiger partial charge in [0, 0.05) is 18.7 Å². The first-order chi connectivity index (χ1) is 19.6. The minimum atomic E-state index is -4.07. The minimum absolute atomic E-state index is 0.00614. The lowest BCUT2D eigenvalue weighted by molar-refractivity contribution is -0.153. The van der Waals surface area contributed by atoms with Crippen molar-refractivity contribution in [2.24, 2.45) is 5.41 Å². The number of amides is 2. The van der Waals surface area contributed by atoms with E-state index in [9.17, 15) is 27.6 Å². The van der Waals surface area contributed by atoms with E-state index < -0.39 is 39.0 Å². The van der Waals surface area contributed by atoms with Gasteiger partial charge in [-0.25, -0.2) is 8.42 Å². The molecule has 212 valence electrons. The molecule has 0 saturated heterocycles. The smallest absolute Gasteiger partial charge is 0.320 e. The predicted molar refractivity (Wildman–Crippen MR) is 151 cm³/mol. The van der Waals surface area contributed by atoms with Crippen molar-refractivity contribution in [2.45, 2.75) is 38.0 Å². The molecule has 2 aliphatic heterocycles. The van der Waals surface area contributed by atoms with Gasteiger partial charge in [0.2, 0.25) is 0 Å². The highest BCUT2D eigenvalue weighted by atomic mass is 32.2. The van der Waals surface area contributed by atoms with Crippen LogP contribution in [-0.2, 0) is 19.6 Å². The van der Waals surface area contributed by atoms with Gasteiger partial charge in [0.1, 0.15) is 5.41 Å². The number of fused-ring (bicyclic) bond motifs is 2. The second-order valence-corrected chi connectivity index (χ2v) is 12.1. The zero-order valence-corrected chi connectivity index (χ0v) is 23.6. The van der Waals surface area contributed by atoms with Crippen molar-refractivity contribution in [1.29, 1.82) is 0 Å². The average Bonchev–Trinajstić information content (AvgIpc) is 3.12. The van der Waals surface area contributed by atoms with Gasteiger partial charge in [0.15, 0.2) is 5.78 Å². The van der Waals surface area contributed by atoms with Gasteiger partial charge in [0.05, 0.1) is 28.3 Å². The number of sulfonamides is 1. The number of imide groups is 1. The Balaban J connectivity index is 1.48. The summed E-state index contributed by atoms with van der Waals surface area (Å²) >= 11 is 0. The number of ketones is 1. The number of rotatable bonds is 8. The molecule has 3 aromatic rings. The van der Waals surface area contributed by atoms with Gasteiger partial charge in [-0.3, -0.25) is 28.4 Å². The van der Waals surface area contributed by atoms with Crippen LogP contribution in [0, 0.1) is 12.3 Å². The number of carbonyl (C=O) groups is 4. The maximum absolute atomic E-state index is 14.2. The third kappa shape index (κ3) is 4.82. The standard InChI is InChI=1S/C31H30N2O7S/c1-3-40-30(37)31(17-8-19-32-28(35)23-9-4-5-10-24(23)29(32)36)18-20-33(26-12-7-6-11-25(26)27(31)34)41(38,39)22-15-13-21(2)14-16-22/h4-7,9-16H,3,8,17-20H2,1-2H3. The highest BCUT2D eigenvalue weighted by Crippen LogP contribution is 2.42. The van der Waals surface area contributed by atoms with Crippen LogP contribution < -0.4 is 4.31 Å². The molecule has 1 unspecified atom stereocenters. The SMILES string of the molecule is CCOC(=O)C1(CCCN2C(=O)c3ccccc3C2=O)CCN(S(=O)(=O)c2ccc(C)cc2)c2ccccc2C1=O. The van der Waals surface area contributed by atoms with Crippen molar-refractivity contribution < 1.29 is 32.3 Å². The third-order valence-corrected chi connectivity index (χ3v) is 9.56. The van der Waals surface area contributed by atoms with Crippen molar-refractivity contribution in [3.63, 3.8) is 0 Å². The Bertz CT molecular complexity index is 1610. The van der Waals surface area contributed by atoms with E-state index in [1.165, 1.54) is 22.5 Å². The van der Waals surface area contributed by atoms with Crippen LogP contribution in [-0.4, -0.2) is 56.6 Å². The maximum atomic E-state index is 14.2. The summed E-state index contributed by atoms with van der Waals surface area (Å²) in [5.74, 6) is -2.15. The molecule has 0 N–H and O–H groups in total. The molecule has 0 radical (unpaired) electrons. The van der Waals surface area contributed by atoms with Gasteiger partial charge in [-0.15, -0.1) is 0 Å². The number of hydrogen-bond acceptors (Lipinski definition) is 7. The predicted octanol–water partition coefficient (Wildman–Crippen LogP) is 4.40. The number of aryl methyl sites for hydroxylation is 1. The lowest BCUT2D eigenvalue weighted by Gasteiger charge is -2.30. The number of ether oxygens (including phenoxy) is 1. The molecule has 2 heterocycles. The molecule has 0 bridgehead atoms. The number of para-hydroxylation sites is 1. The number of carbonyl (C=O) groups excluding carboxylic acids is 4. The number of benzene rings is 3. The van der Waals surface area contributed by atoms with E-state index in [-0.39, 0.29) is 55.1 Å². The van der Waals surface area contributed by atoms with Gasteiger partial charge >= 0.3 is 5.97 Å². The topological polar surface area (TPSA) is 118 Å². The quantitative estimate of drug-likeness (QED) is 0.222. The molecule has 2 aliphatic rings. The van der Waals surface area contributed by atoms with Gasteiger partial charge in [-0.2, -0.15) is 0 Å². The molecule has 0 saturated carbocycles. The highest BCUT2D eigenvalue weighted by molar-refractivity contribution is 7.92. The molecule has 3 aromatic carbocycles. The first-order valence-electron chi connectivity index (χ1n) is 13.5. The zero-order chi connectivity index (χ0) is 29.4. The van der Waals surface area contributed by atoms with Crippen LogP contribution in [0.15, 0.2) is 77.7 Å². The first-order valence-corrected chi connectivity index (χ1v) is 14.9. The van der Waals surface area contributed by atoms with Gasteiger partial charge in [-0.1, -0.05) is 42.0 Å². The van der Waals surface area contributed by atoms with Gasteiger partial charge in [-0.05, 0) is 69.5 Å². The van der Waals surface area contributed by atoms with Crippen molar-refractivity contribution in [1.82, 2.24) is 4.90 Å². The summed E-state index contributed by atoms with van der Waals surface area (Å²) in [6.45, 7) is 3.36. The second kappa shape index (κ2) is 10.9. The van der Waals surface area contributed by atoms with Crippen LogP contribution in [0.25, 0.3) is 0 Å². The van der Waals surface area contributed by atoms with Crippen LogP contribution in [0.1, 0.15) is 62.8 Å². The third-order valence-electron chi connectivity index (χ3n) is 7.73. The van der Waals surface area contributed by atoms with E-state index in [1.807, 2.05) is 6.92 Å². The molecule has 1 atom stereocenters. The highest BCUT2D eigenvalue weighted by Gasteiger charge is 2.51. The van der Waals surface area contributed by atoms with Crippen LogP contribution in [0.4, 0.5) is 5.69 Å². The number of Topliss-reactive ketones (excluding diaryl/α,β-unsaturated/α-hetero) is 1. The molecule has 0 aromatic heterocycles. The van der Waals surface area contributed by atoms with Gasteiger partial charge < -0.3 is 4.74 Å². The normalized spacial score (nSPS) is 18.6. The largest absolute Gasteiger partial charge is 0.465 e. The molecule has 0 fully saturated rings. The van der Waals surface area contributed by atoms with Crippen molar-refractivity contribution in [3.8, 4) is 0 Å². The van der Waals surface area contributed by atoms with Crippen LogP contribution in [0.3, 0.4) is 0 Å². The van der Waals surface area contributed by atoms with Crippen molar-refractivity contribution in [2.75, 3.05) is 24.0 Å². The van der Waals surface area contributed by atoms with E-state index in [4.69, 9.17) is 4.74 Å². The summed E-state index contributed by atoms with van der Waals surface area (Å²) in [5.41, 5.74) is 0.0967. The summed E-state index contributed by atoms with van der Waals surface area (Å²) < 4.78 is 34.2. The lowest BCUT2D eigenvalue weighted by atomic mass is 9.74. The summed E-state index contributed by atoms with van der Waals surface area (Å²) in [5, 5.41) is 0. The molecular formula is C31H30N2O7S. The van der Waals surface area contributed by atoms with E-state index in [1.54, 1.807) is 61.5 Å². The Morgan fingerprint density at radius 3 is 2.07 bits per heavy atom. The Hall–Kier alpha value is -4.31. The average molecular weight is 575 g/mol. The fourth-order valence-corrected chi connectivity index (χ4v) is 7.02. The summed E-state index contributed by atoms with van der Waals surface area (Å²) in [6, 6.07) is 19.3. The fourth-order valence-electron chi connectivity index (χ4n) is 5.54. The number of hydrogen-bond donors (Lipinski definition) is 0. The Labute approximate surface area is 238 Å². The number of esters is 1. The van der Waals surface area contributed by atoms with E-state index in [0.717, 1.165) is 10.5 Å². The summed E-state index contributed by atoms with van der Waals surface area (Å²) in [4.78, 5) is 54.7. The minimum Gasteiger partial charge on any atom is -0.465 e. The summed E-state index contributed by atoms with van der Waals surface area (Å²) in [7, 11) is -4.07. The molecule has 0 aliphatic carbocycles. The monoisotopic (exact) mass is 574 g/mol. The second-order valence-electron chi connectivity index (χ2n) is 10.2. The van der Waals surface area contributed by atoms with Gasteiger partial charge in [0.25, 0.3) is 21.8 Å². The number of nitrogens with zero attached hydrogens (tertiary/aromatic N) is 2. The Morgan fingerprint density at radius 1 is 0.878 bits per heavy atom. The molecule has 9 nitrogen and oxygen atoms in total. The van der Waals surface area contributed by atoms with Crippen LogP contribution >= 0.6 is 0 Å². The number of anilines is 1. The van der Waals surface area contributed by atoms with Crippen LogP contribution in [0.2, 0.25) is 0 Å². The summed E-state index contributed by atoms with van der Waals surface area (Å²) in [6.07, 6.45) is -0.0275. The Morgan fingerprint density at radius 2 is 1.46 bits per heavy atom. The van der Waals surface area contributed by atoms with E-state index >= 15 is 0 Å². The van der Waals surface area contributed by atoms with E-state index in [0.29, 0.717) is 11.1 Å². The maximum Gasteiger partial charge on any atom is 0.320 e. The molecule has 0 spiro atoms. The van der Waals surface area contributed by atoms with Crippen LogP contribution in [0.5, 0.6) is 0 Å².